The van der Waals surface area contributed by atoms with Crippen LogP contribution in [0.5, 0.6) is 5.75 Å². The number of hydrogen-bond donors (Lipinski definition) is 2. The molecule has 1 aliphatic rings. The van der Waals surface area contributed by atoms with Gasteiger partial charge in [-0.15, -0.1) is 0 Å². The molecule has 0 unspecified atom stereocenters. The Hall–Kier alpha value is -2.39. The summed E-state index contributed by atoms with van der Waals surface area (Å²) in [7, 11) is 0. The Kier molecular flexibility index (Phi) is 3.55. The van der Waals surface area contributed by atoms with Crippen molar-refractivity contribution in [2.45, 2.75) is 0 Å². The van der Waals surface area contributed by atoms with Gasteiger partial charge in [-0.25, -0.2) is 0 Å². The summed E-state index contributed by atoms with van der Waals surface area (Å²) >= 11 is 4.83. The van der Waals surface area contributed by atoms with Gasteiger partial charge in [-0.05, 0) is 24.4 Å². The van der Waals surface area contributed by atoms with Gasteiger partial charge in [-0.1, -0.05) is 18.2 Å². The second-order valence-electron chi connectivity index (χ2n) is 3.45. The zero-order chi connectivity index (χ0) is 13.0. The number of para-hydroxylation sites is 1. The van der Waals surface area contributed by atoms with Crippen molar-refractivity contribution >= 4 is 29.3 Å². The van der Waals surface area contributed by atoms with E-state index in [2.05, 4.69) is 10.6 Å². The lowest BCUT2D eigenvalue weighted by atomic mass is 10.1. The number of hydrogen-bond acceptors (Lipinski definition) is 4. The first-order valence-electron chi connectivity index (χ1n) is 5.13. The normalized spacial score (nSPS) is 16.1. The van der Waals surface area contributed by atoms with Crippen molar-refractivity contribution in [3.63, 3.8) is 0 Å². The predicted molar refractivity (Wildman–Crippen MR) is 69.4 cm³/mol. The second kappa shape index (κ2) is 5.29. The Bertz CT molecular complexity index is 575. The van der Waals surface area contributed by atoms with Crippen LogP contribution in [0.25, 0.3) is 6.08 Å². The number of benzene rings is 1. The molecule has 0 radical (unpaired) electrons. The van der Waals surface area contributed by atoms with Crippen LogP contribution in [0.2, 0.25) is 0 Å². The molecule has 0 atom stereocenters. The van der Waals surface area contributed by atoms with Gasteiger partial charge >= 0.3 is 0 Å². The molecule has 1 aromatic rings. The molecule has 1 fully saturated rings. The molecule has 2 rings (SSSR count). The fourth-order valence-electron chi connectivity index (χ4n) is 1.48. The maximum atomic E-state index is 11.5. The van der Waals surface area contributed by atoms with E-state index in [1.165, 1.54) is 0 Å². The fourth-order valence-corrected chi connectivity index (χ4v) is 1.68. The molecule has 18 heavy (non-hydrogen) atoms. The van der Waals surface area contributed by atoms with Gasteiger partial charge < -0.3 is 10.1 Å². The summed E-state index contributed by atoms with van der Waals surface area (Å²) < 4.78 is 5.26. The average molecular weight is 259 g/mol. The molecule has 90 valence electrons. The van der Waals surface area contributed by atoms with Crippen LogP contribution in [0.1, 0.15) is 5.56 Å². The second-order valence-corrected chi connectivity index (χ2v) is 3.86. The number of nitriles is 1. The minimum atomic E-state index is -0.282. The van der Waals surface area contributed by atoms with E-state index >= 15 is 0 Å². The van der Waals surface area contributed by atoms with E-state index in [0.717, 1.165) is 0 Å². The smallest absolute Gasteiger partial charge is 0.273 e. The summed E-state index contributed by atoms with van der Waals surface area (Å²) in [4.78, 5) is 11.5. The van der Waals surface area contributed by atoms with Gasteiger partial charge in [-0.3, -0.25) is 10.1 Å². The molecule has 1 saturated heterocycles. The molecular formula is C12H9N3O2S. The van der Waals surface area contributed by atoms with Crippen LogP contribution in [0.4, 0.5) is 0 Å². The van der Waals surface area contributed by atoms with Crippen LogP contribution in [-0.2, 0) is 4.79 Å². The Morgan fingerprint density at radius 2 is 2.17 bits per heavy atom. The molecule has 0 aliphatic carbocycles. The molecule has 1 heterocycles. The first kappa shape index (κ1) is 12.1. The Morgan fingerprint density at radius 1 is 1.39 bits per heavy atom. The van der Waals surface area contributed by atoms with Crippen LogP contribution in [0.3, 0.4) is 0 Å². The quantitative estimate of drug-likeness (QED) is 0.624. The highest BCUT2D eigenvalue weighted by Crippen LogP contribution is 2.21. The zero-order valence-corrected chi connectivity index (χ0v) is 10.1. The number of carbonyl (C=O) groups excluding carboxylic acids is 1. The Balaban J connectivity index is 2.29. The van der Waals surface area contributed by atoms with Gasteiger partial charge in [0.1, 0.15) is 17.5 Å². The summed E-state index contributed by atoms with van der Waals surface area (Å²) in [5.74, 6) is 0.258. The van der Waals surface area contributed by atoms with Crippen molar-refractivity contribution in [1.82, 2.24) is 10.6 Å². The van der Waals surface area contributed by atoms with Gasteiger partial charge in [0.15, 0.2) is 11.7 Å². The predicted octanol–water partition coefficient (Wildman–Crippen LogP) is 0.934. The molecule has 6 heteroatoms. The maximum Gasteiger partial charge on any atom is 0.273 e. The van der Waals surface area contributed by atoms with E-state index < -0.39 is 0 Å². The van der Waals surface area contributed by atoms with Crippen molar-refractivity contribution < 1.29 is 9.53 Å². The van der Waals surface area contributed by atoms with Gasteiger partial charge in [-0.2, -0.15) is 5.26 Å². The Labute approximate surface area is 109 Å². The molecule has 0 aromatic heterocycles. The third kappa shape index (κ3) is 2.64. The molecule has 0 spiro atoms. The summed E-state index contributed by atoms with van der Waals surface area (Å²) in [6.07, 6.45) is 1.63. The number of carbonyl (C=O) groups is 1. The molecule has 0 saturated carbocycles. The van der Waals surface area contributed by atoms with Crippen LogP contribution in [0, 0.1) is 11.3 Å². The standard InChI is InChI=1S/C12H9N3O2S/c13-5-6-17-10-4-2-1-3-8(10)7-9-11(16)15-12(18)14-9/h1-4,7H,6H2,(H2,14,15,16,18)/b9-7-. The highest BCUT2D eigenvalue weighted by molar-refractivity contribution is 7.80. The van der Waals surface area contributed by atoms with E-state index in [-0.39, 0.29) is 17.6 Å². The van der Waals surface area contributed by atoms with Crippen molar-refractivity contribution in [3.05, 3.63) is 35.5 Å². The number of nitrogens with one attached hydrogen (secondary N) is 2. The summed E-state index contributed by atoms with van der Waals surface area (Å²) in [5, 5.41) is 14.0. The van der Waals surface area contributed by atoms with Crippen LogP contribution in [0.15, 0.2) is 30.0 Å². The number of ether oxygens (including phenoxy) is 1. The highest BCUT2D eigenvalue weighted by Gasteiger charge is 2.20. The fraction of sp³-hybridized carbons (Fsp3) is 0.0833. The van der Waals surface area contributed by atoms with Gasteiger partial charge in [0.05, 0.1) is 0 Å². The lowest BCUT2D eigenvalue weighted by molar-refractivity contribution is -0.115. The van der Waals surface area contributed by atoms with Gasteiger partial charge in [0.25, 0.3) is 5.91 Å². The SMILES string of the molecule is N#CCOc1ccccc1/C=C1\NC(=S)NC1=O. The van der Waals surface area contributed by atoms with Crippen LogP contribution in [-0.4, -0.2) is 17.6 Å². The van der Waals surface area contributed by atoms with E-state index in [9.17, 15) is 4.79 Å². The topological polar surface area (TPSA) is 74.2 Å². The van der Waals surface area contributed by atoms with Gasteiger partial charge in [0.2, 0.25) is 0 Å². The lowest BCUT2D eigenvalue weighted by Gasteiger charge is -2.05. The minimum Gasteiger partial charge on any atom is -0.478 e. The van der Waals surface area contributed by atoms with E-state index in [1.807, 2.05) is 12.1 Å². The summed E-state index contributed by atoms with van der Waals surface area (Å²) in [6.45, 7) is -0.0434. The number of rotatable bonds is 3. The first-order valence-corrected chi connectivity index (χ1v) is 5.54. The third-order valence-corrected chi connectivity index (χ3v) is 2.44. The molecule has 0 bridgehead atoms. The summed E-state index contributed by atoms with van der Waals surface area (Å²) in [6, 6.07) is 9.02. The number of thiocarbonyl (C=S) groups is 1. The van der Waals surface area contributed by atoms with Gasteiger partial charge in [0, 0.05) is 5.56 Å². The van der Waals surface area contributed by atoms with E-state index in [1.54, 1.807) is 24.3 Å². The van der Waals surface area contributed by atoms with Crippen molar-refractivity contribution in [2.75, 3.05) is 6.61 Å². The zero-order valence-electron chi connectivity index (χ0n) is 9.27. The monoisotopic (exact) mass is 259 g/mol. The van der Waals surface area contributed by atoms with Crippen LogP contribution < -0.4 is 15.4 Å². The third-order valence-electron chi connectivity index (χ3n) is 2.23. The molecule has 2 N–H and O–H groups in total. The number of amides is 1. The highest BCUT2D eigenvalue weighted by atomic mass is 32.1. The molecule has 5 nitrogen and oxygen atoms in total. The van der Waals surface area contributed by atoms with Crippen molar-refractivity contribution in [3.8, 4) is 11.8 Å². The van der Waals surface area contributed by atoms with Crippen LogP contribution >= 0.6 is 12.2 Å². The minimum absolute atomic E-state index is 0.0434. The molecule has 1 amide bonds. The van der Waals surface area contributed by atoms with E-state index in [0.29, 0.717) is 17.0 Å². The van der Waals surface area contributed by atoms with E-state index in [4.69, 9.17) is 22.2 Å². The largest absolute Gasteiger partial charge is 0.478 e. The average Bonchev–Trinajstić information content (AvgIpc) is 2.67. The molecule has 1 aromatic carbocycles. The van der Waals surface area contributed by atoms with Crippen molar-refractivity contribution in [1.29, 1.82) is 5.26 Å². The maximum absolute atomic E-state index is 11.5. The number of nitrogens with zero attached hydrogens (tertiary/aromatic N) is 1. The van der Waals surface area contributed by atoms with Crippen molar-refractivity contribution in [2.24, 2.45) is 0 Å². The molecular weight excluding hydrogens is 250 g/mol. The first-order chi connectivity index (χ1) is 8.70. The summed E-state index contributed by atoms with van der Waals surface area (Å²) in [5.41, 5.74) is 1.06. The Morgan fingerprint density at radius 3 is 2.83 bits per heavy atom. The molecule has 1 aliphatic heterocycles. The lowest BCUT2D eigenvalue weighted by Crippen LogP contribution is -2.21.